The number of benzene rings is 2. The summed E-state index contributed by atoms with van der Waals surface area (Å²) in [5.41, 5.74) is 1.65. The fourth-order valence-electron chi connectivity index (χ4n) is 2.86. The smallest absolute Gasteiger partial charge is 0.348 e. The van der Waals surface area contributed by atoms with Crippen LogP contribution >= 0.6 is 0 Å². The summed E-state index contributed by atoms with van der Waals surface area (Å²) in [6, 6.07) is 14.6. The van der Waals surface area contributed by atoms with Crippen LogP contribution < -0.4 is 14.4 Å². The van der Waals surface area contributed by atoms with E-state index in [4.69, 9.17) is 14.2 Å². The Morgan fingerprint density at radius 3 is 2.69 bits per heavy atom. The van der Waals surface area contributed by atoms with Crippen molar-refractivity contribution in [1.29, 1.82) is 0 Å². The third kappa shape index (κ3) is 3.64. The Labute approximate surface area is 152 Å². The zero-order valence-corrected chi connectivity index (χ0v) is 15.0. The average Bonchev–Trinajstić information content (AvgIpc) is 2.65. The lowest BCUT2D eigenvalue weighted by Gasteiger charge is -2.34. The lowest BCUT2D eigenvalue weighted by atomic mass is 10.1. The van der Waals surface area contributed by atoms with E-state index in [9.17, 15) is 9.59 Å². The van der Waals surface area contributed by atoms with E-state index >= 15 is 0 Å². The van der Waals surface area contributed by atoms with Gasteiger partial charge in [0.25, 0.3) is 5.91 Å². The summed E-state index contributed by atoms with van der Waals surface area (Å²) in [6.07, 6.45) is -1.59. The van der Waals surface area contributed by atoms with Crippen LogP contribution in [0.4, 0.5) is 5.69 Å². The molecule has 0 aromatic heterocycles. The zero-order valence-electron chi connectivity index (χ0n) is 15.0. The number of amides is 1. The summed E-state index contributed by atoms with van der Waals surface area (Å²) in [5.74, 6) is 0.308. The van der Waals surface area contributed by atoms with Crippen molar-refractivity contribution in [3.63, 3.8) is 0 Å². The highest BCUT2D eigenvalue weighted by Gasteiger charge is 2.36. The lowest BCUT2D eigenvalue weighted by molar-refractivity contribution is -0.148. The van der Waals surface area contributed by atoms with Gasteiger partial charge in [-0.1, -0.05) is 24.3 Å². The number of ether oxygens (including phenoxy) is 3. The van der Waals surface area contributed by atoms with Crippen molar-refractivity contribution in [2.45, 2.75) is 26.1 Å². The number of carbonyl (C=O) groups excluding carboxylic acids is 2. The summed E-state index contributed by atoms with van der Waals surface area (Å²) in [7, 11) is 1.29. The average molecular weight is 355 g/mol. The maximum Gasteiger partial charge on any atom is 0.348 e. The molecule has 0 radical (unpaired) electrons. The van der Waals surface area contributed by atoms with Crippen molar-refractivity contribution in [3.8, 4) is 11.5 Å². The third-order valence-electron chi connectivity index (χ3n) is 4.15. The van der Waals surface area contributed by atoms with Crippen LogP contribution in [0.1, 0.15) is 12.5 Å². The van der Waals surface area contributed by atoms with Crippen LogP contribution in [-0.2, 0) is 14.3 Å². The number of esters is 1. The van der Waals surface area contributed by atoms with E-state index in [1.54, 1.807) is 31.2 Å². The molecule has 0 saturated heterocycles. The molecule has 1 aliphatic heterocycles. The normalized spacial score (nSPS) is 16.9. The Kier molecular flexibility index (Phi) is 5.11. The number of aryl methyl sites for hydroxylation is 1. The molecule has 0 saturated carbocycles. The van der Waals surface area contributed by atoms with Gasteiger partial charge in [0, 0.05) is 0 Å². The highest BCUT2D eigenvalue weighted by Crippen LogP contribution is 2.34. The van der Waals surface area contributed by atoms with Crippen molar-refractivity contribution in [3.05, 3.63) is 54.1 Å². The van der Waals surface area contributed by atoms with Gasteiger partial charge in [0.2, 0.25) is 6.10 Å². The molecule has 2 aromatic rings. The molecule has 1 amide bonds. The maximum atomic E-state index is 13.0. The van der Waals surface area contributed by atoms with E-state index in [1.807, 2.05) is 31.2 Å². The van der Waals surface area contributed by atoms with Gasteiger partial charge in [-0.15, -0.1) is 0 Å². The van der Waals surface area contributed by atoms with Crippen molar-refractivity contribution >= 4 is 17.6 Å². The van der Waals surface area contributed by atoms with E-state index in [0.29, 0.717) is 17.2 Å². The molecule has 2 aromatic carbocycles. The summed E-state index contributed by atoms with van der Waals surface area (Å²) < 4.78 is 16.2. The minimum absolute atomic E-state index is 0.0734. The first-order chi connectivity index (χ1) is 12.5. The summed E-state index contributed by atoms with van der Waals surface area (Å²) in [5, 5.41) is 0. The van der Waals surface area contributed by atoms with Gasteiger partial charge in [-0.05, 0) is 43.7 Å². The van der Waals surface area contributed by atoms with Crippen LogP contribution in [-0.4, -0.2) is 37.7 Å². The number of nitrogens with zero attached hydrogens (tertiary/aromatic N) is 1. The van der Waals surface area contributed by atoms with E-state index in [2.05, 4.69) is 0 Å². The monoisotopic (exact) mass is 355 g/mol. The van der Waals surface area contributed by atoms with Crippen LogP contribution in [0.3, 0.4) is 0 Å². The van der Waals surface area contributed by atoms with Crippen molar-refractivity contribution in [1.82, 2.24) is 0 Å². The van der Waals surface area contributed by atoms with Gasteiger partial charge in [0.1, 0.15) is 11.5 Å². The highest BCUT2D eigenvalue weighted by molar-refractivity contribution is 5.99. The molecule has 6 heteroatoms. The minimum Gasteiger partial charge on any atom is -0.481 e. The molecule has 3 rings (SSSR count). The molecule has 1 heterocycles. The largest absolute Gasteiger partial charge is 0.481 e. The van der Waals surface area contributed by atoms with Gasteiger partial charge in [0.05, 0.1) is 19.3 Å². The van der Waals surface area contributed by atoms with Gasteiger partial charge >= 0.3 is 5.97 Å². The molecular formula is C20H21NO5. The lowest BCUT2D eigenvalue weighted by Crippen LogP contribution is -2.51. The van der Waals surface area contributed by atoms with Gasteiger partial charge in [0.15, 0.2) is 6.10 Å². The number of hydrogen-bond acceptors (Lipinski definition) is 5. The van der Waals surface area contributed by atoms with Gasteiger partial charge in [-0.3, -0.25) is 4.79 Å². The Morgan fingerprint density at radius 1 is 1.19 bits per heavy atom. The van der Waals surface area contributed by atoms with E-state index in [0.717, 1.165) is 5.56 Å². The first kappa shape index (κ1) is 17.8. The van der Waals surface area contributed by atoms with Gasteiger partial charge in [-0.25, -0.2) is 4.79 Å². The highest BCUT2D eigenvalue weighted by atomic mass is 16.6. The van der Waals surface area contributed by atoms with Crippen LogP contribution in [0.15, 0.2) is 48.5 Å². The Hall–Kier alpha value is -3.02. The number of methoxy groups -OCH3 is 1. The van der Waals surface area contributed by atoms with Crippen LogP contribution in [0.5, 0.6) is 11.5 Å². The SMILES string of the molecule is COC(=O)[C@@H]1CN(C(=O)[C@H](C)Oc2cccc(C)c2)c2ccccc2O1. The number of anilines is 1. The first-order valence-electron chi connectivity index (χ1n) is 8.38. The van der Waals surface area contributed by atoms with Crippen LogP contribution in [0.25, 0.3) is 0 Å². The fraction of sp³-hybridized carbons (Fsp3) is 0.300. The zero-order chi connectivity index (χ0) is 18.7. The topological polar surface area (TPSA) is 65.1 Å². The predicted octanol–water partition coefficient (Wildman–Crippen LogP) is 2.73. The Bertz CT molecular complexity index is 819. The van der Waals surface area contributed by atoms with Crippen molar-refractivity contribution in [2.24, 2.45) is 0 Å². The molecule has 0 N–H and O–H groups in total. The second-order valence-electron chi connectivity index (χ2n) is 6.12. The quantitative estimate of drug-likeness (QED) is 0.789. The van der Waals surface area contributed by atoms with Gasteiger partial charge < -0.3 is 19.1 Å². The molecule has 26 heavy (non-hydrogen) atoms. The molecular weight excluding hydrogens is 334 g/mol. The van der Waals surface area contributed by atoms with Crippen molar-refractivity contribution < 1.29 is 23.8 Å². The van der Waals surface area contributed by atoms with Gasteiger partial charge in [-0.2, -0.15) is 0 Å². The van der Waals surface area contributed by atoms with Crippen LogP contribution in [0.2, 0.25) is 0 Å². The molecule has 6 nitrogen and oxygen atoms in total. The summed E-state index contributed by atoms with van der Waals surface area (Å²) in [6.45, 7) is 3.72. The van der Waals surface area contributed by atoms with E-state index in [1.165, 1.54) is 12.0 Å². The fourth-order valence-corrected chi connectivity index (χ4v) is 2.86. The van der Waals surface area contributed by atoms with E-state index in [-0.39, 0.29) is 12.5 Å². The number of fused-ring (bicyclic) bond motifs is 1. The number of rotatable bonds is 4. The maximum absolute atomic E-state index is 13.0. The van der Waals surface area contributed by atoms with E-state index < -0.39 is 18.2 Å². The molecule has 0 unspecified atom stereocenters. The molecule has 136 valence electrons. The molecule has 2 atom stereocenters. The number of para-hydroxylation sites is 2. The Morgan fingerprint density at radius 2 is 1.96 bits per heavy atom. The molecule has 0 fully saturated rings. The molecule has 0 aliphatic carbocycles. The van der Waals surface area contributed by atoms with Crippen LogP contribution in [0, 0.1) is 6.92 Å². The third-order valence-corrected chi connectivity index (χ3v) is 4.15. The molecule has 0 bridgehead atoms. The summed E-state index contributed by atoms with van der Waals surface area (Å²) >= 11 is 0. The molecule has 0 spiro atoms. The first-order valence-corrected chi connectivity index (χ1v) is 8.38. The second-order valence-corrected chi connectivity index (χ2v) is 6.12. The number of hydrogen-bond donors (Lipinski definition) is 0. The standard InChI is InChI=1S/C20H21NO5/c1-13-7-6-8-15(11-13)25-14(2)19(22)21-12-18(20(23)24-3)26-17-10-5-4-9-16(17)21/h4-11,14,18H,12H2,1-3H3/t14-,18-/m0/s1. The number of carbonyl (C=O) groups is 2. The predicted molar refractivity (Wildman–Crippen MR) is 96.5 cm³/mol. The minimum atomic E-state index is -0.870. The summed E-state index contributed by atoms with van der Waals surface area (Å²) in [4.78, 5) is 26.4. The molecule has 1 aliphatic rings. The van der Waals surface area contributed by atoms with Crippen molar-refractivity contribution in [2.75, 3.05) is 18.6 Å². The Balaban J connectivity index is 1.83. The second kappa shape index (κ2) is 7.47.